The molecular weight excluding hydrogens is 328 g/mol. The van der Waals surface area contributed by atoms with E-state index in [-0.39, 0.29) is 16.4 Å². The number of methoxy groups -OCH3 is 2. The van der Waals surface area contributed by atoms with Crippen molar-refractivity contribution >= 4 is 29.0 Å². The normalized spacial score (nSPS) is 10.0. The van der Waals surface area contributed by atoms with Gasteiger partial charge in [-0.25, -0.2) is 9.59 Å². The van der Waals surface area contributed by atoms with Crippen LogP contribution in [0.4, 0.5) is 16.2 Å². The summed E-state index contributed by atoms with van der Waals surface area (Å²) in [5.74, 6) is 0.698. The zero-order valence-electron chi connectivity index (χ0n) is 12.2. The minimum atomic E-state index is -0.733. The second-order valence-electron chi connectivity index (χ2n) is 4.25. The first-order valence-electron chi connectivity index (χ1n) is 6.26. The first-order chi connectivity index (χ1) is 10.9. The molecule has 1 heterocycles. The SMILES string of the molecule is COc1cc(OC)c(NC(=O)Nc2c[nH]c(=O)[nH]c2=O)cc1Cl. The van der Waals surface area contributed by atoms with Gasteiger partial charge in [-0.05, 0) is 6.07 Å². The third kappa shape index (κ3) is 3.83. The number of halogens is 1. The van der Waals surface area contributed by atoms with Crippen molar-refractivity contribution in [1.82, 2.24) is 9.97 Å². The Bertz CT molecular complexity index is 845. The Morgan fingerprint density at radius 3 is 2.35 bits per heavy atom. The lowest BCUT2D eigenvalue weighted by molar-refractivity contribution is 0.262. The number of nitrogens with one attached hydrogen (secondary N) is 4. The van der Waals surface area contributed by atoms with E-state index in [1.165, 1.54) is 26.4 Å². The molecule has 0 spiro atoms. The second-order valence-corrected chi connectivity index (χ2v) is 4.66. The van der Waals surface area contributed by atoms with Crippen LogP contribution in [0.5, 0.6) is 11.5 Å². The number of rotatable bonds is 4. The number of urea groups is 1. The van der Waals surface area contributed by atoms with Gasteiger partial charge in [0, 0.05) is 12.3 Å². The van der Waals surface area contributed by atoms with Crippen molar-refractivity contribution in [2.24, 2.45) is 0 Å². The fourth-order valence-electron chi connectivity index (χ4n) is 1.74. The van der Waals surface area contributed by atoms with Crippen LogP contribution >= 0.6 is 11.6 Å². The summed E-state index contributed by atoms with van der Waals surface area (Å²) in [6.07, 6.45) is 1.08. The van der Waals surface area contributed by atoms with E-state index in [2.05, 4.69) is 15.6 Å². The number of anilines is 2. The molecule has 0 saturated carbocycles. The maximum absolute atomic E-state index is 12.0. The molecule has 1 aromatic heterocycles. The van der Waals surface area contributed by atoms with Gasteiger partial charge in [-0.2, -0.15) is 0 Å². The molecule has 2 amide bonds. The van der Waals surface area contributed by atoms with Crippen LogP contribution in [0.15, 0.2) is 27.9 Å². The zero-order valence-corrected chi connectivity index (χ0v) is 12.9. The monoisotopic (exact) mass is 340 g/mol. The number of aromatic amines is 2. The molecule has 23 heavy (non-hydrogen) atoms. The molecule has 2 aromatic rings. The van der Waals surface area contributed by atoms with E-state index in [0.29, 0.717) is 11.5 Å². The van der Waals surface area contributed by atoms with Crippen LogP contribution in [0, 0.1) is 0 Å². The molecule has 4 N–H and O–H groups in total. The lowest BCUT2D eigenvalue weighted by Crippen LogP contribution is -2.28. The number of benzene rings is 1. The van der Waals surface area contributed by atoms with Gasteiger partial charge in [0.1, 0.15) is 17.2 Å². The Balaban J connectivity index is 2.21. The van der Waals surface area contributed by atoms with Crippen LogP contribution in [-0.4, -0.2) is 30.2 Å². The highest BCUT2D eigenvalue weighted by Crippen LogP contribution is 2.35. The van der Waals surface area contributed by atoms with Crippen molar-refractivity contribution in [3.63, 3.8) is 0 Å². The highest BCUT2D eigenvalue weighted by molar-refractivity contribution is 6.32. The summed E-state index contributed by atoms with van der Waals surface area (Å²) in [6, 6.07) is 2.22. The predicted molar refractivity (Wildman–Crippen MR) is 84.9 cm³/mol. The molecule has 0 aliphatic heterocycles. The molecule has 0 unspecified atom stereocenters. The third-order valence-electron chi connectivity index (χ3n) is 2.79. The van der Waals surface area contributed by atoms with Crippen molar-refractivity contribution in [3.05, 3.63) is 44.2 Å². The summed E-state index contributed by atoms with van der Waals surface area (Å²) in [5, 5.41) is 5.04. The largest absolute Gasteiger partial charge is 0.495 e. The lowest BCUT2D eigenvalue weighted by Gasteiger charge is -2.13. The topological polar surface area (TPSA) is 125 Å². The average Bonchev–Trinajstić information content (AvgIpc) is 2.50. The van der Waals surface area contributed by atoms with Crippen LogP contribution in [0.2, 0.25) is 5.02 Å². The summed E-state index contributed by atoms with van der Waals surface area (Å²) in [6.45, 7) is 0. The minimum absolute atomic E-state index is 0.124. The summed E-state index contributed by atoms with van der Waals surface area (Å²) >= 11 is 6.00. The number of carbonyl (C=O) groups is 1. The fourth-order valence-corrected chi connectivity index (χ4v) is 1.98. The third-order valence-corrected chi connectivity index (χ3v) is 3.08. The molecule has 0 radical (unpaired) electrons. The highest BCUT2D eigenvalue weighted by Gasteiger charge is 2.13. The second kappa shape index (κ2) is 6.88. The fraction of sp³-hybridized carbons (Fsp3) is 0.154. The van der Waals surface area contributed by atoms with Gasteiger partial charge in [0.25, 0.3) is 5.56 Å². The molecule has 0 saturated heterocycles. The van der Waals surface area contributed by atoms with Gasteiger partial charge in [0.15, 0.2) is 0 Å². The zero-order chi connectivity index (χ0) is 17.0. The quantitative estimate of drug-likeness (QED) is 0.669. The van der Waals surface area contributed by atoms with Crippen molar-refractivity contribution in [2.45, 2.75) is 0 Å². The Morgan fingerprint density at radius 1 is 1.09 bits per heavy atom. The summed E-state index contributed by atoms with van der Waals surface area (Å²) in [5.41, 5.74) is -1.26. The smallest absolute Gasteiger partial charge is 0.325 e. The van der Waals surface area contributed by atoms with Crippen molar-refractivity contribution in [2.75, 3.05) is 24.9 Å². The molecule has 9 nitrogen and oxygen atoms in total. The molecule has 0 aliphatic carbocycles. The molecule has 10 heteroatoms. The number of H-pyrrole nitrogens is 2. The van der Waals surface area contributed by atoms with Crippen LogP contribution in [0.1, 0.15) is 0 Å². The summed E-state index contributed by atoms with van der Waals surface area (Å²) in [4.78, 5) is 38.6. The van der Waals surface area contributed by atoms with Crippen LogP contribution < -0.4 is 31.4 Å². The van der Waals surface area contributed by atoms with Crippen LogP contribution in [-0.2, 0) is 0 Å². The molecule has 0 atom stereocenters. The summed E-state index contributed by atoms with van der Waals surface area (Å²) in [7, 11) is 2.86. The number of amides is 2. The number of hydrogen-bond donors (Lipinski definition) is 4. The van der Waals surface area contributed by atoms with Crippen LogP contribution in [0.3, 0.4) is 0 Å². The molecular formula is C13H13ClN4O5. The van der Waals surface area contributed by atoms with Gasteiger partial charge in [0.05, 0.1) is 24.9 Å². The van der Waals surface area contributed by atoms with Gasteiger partial charge >= 0.3 is 11.7 Å². The molecule has 122 valence electrons. The number of hydrogen-bond acceptors (Lipinski definition) is 5. The van der Waals surface area contributed by atoms with E-state index in [1.807, 2.05) is 4.98 Å². The Morgan fingerprint density at radius 2 is 1.74 bits per heavy atom. The Kier molecular flexibility index (Phi) is 4.91. The molecule has 0 aliphatic rings. The first kappa shape index (κ1) is 16.4. The number of ether oxygens (including phenoxy) is 2. The Hall–Kier alpha value is -2.94. The average molecular weight is 341 g/mol. The number of aromatic nitrogens is 2. The lowest BCUT2D eigenvalue weighted by atomic mass is 10.2. The van der Waals surface area contributed by atoms with Crippen molar-refractivity contribution in [1.29, 1.82) is 0 Å². The molecule has 0 fully saturated rings. The van der Waals surface area contributed by atoms with E-state index < -0.39 is 17.3 Å². The van der Waals surface area contributed by atoms with Gasteiger partial charge in [-0.15, -0.1) is 0 Å². The van der Waals surface area contributed by atoms with E-state index >= 15 is 0 Å². The minimum Gasteiger partial charge on any atom is -0.495 e. The van der Waals surface area contributed by atoms with Gasteiger partial charge in [-0.1, -0.05) is 11.6 Å². The summed E-state index contributed by atoms with van der Waals surface area (Å²) < 4.78 is 10.2. The first-order valence-corrected chi connectivity index (χ1v) is 6.64. The Labute approximate surface area is 134 Å². The van der Waals surface area contributed by atoms with Gasteiger partial charge in [0.2, 0.25) is 0 Å². The van der Waals surface area contributed by atoms with Crippen molar-refractivity contribution < 1.29 is 14.3 Å². The maximum Gasteiger partial charge on any atom is 0.325 e. The highest BCUT2D eigenvalue weighted by atomic mass is 35.5. The van der Waals surface area contributed by atoms with E-state index in [1.54, 1.807) is 0 Å². The van der Waals surface area contributed by atoms with Crippen molar-refractivity contribution in [3.8, 4) is 11.5 Å². The van der Waals surface area contributed by atoms with E-state index in [4.69, 9.17) is 21.1 Å². The molecule has 2 rings (SSSR count). The standard InChI is InChI=1S/C13H13ClN4O5/c1-22-9-4-10(23-2)7(3-6(9)14)16-13(21)17-8-5-15-12(20)18-11(8)19/h3-5H,1-2H3,(H2,16,17,21)(H2,15,18,19,20). The van der Waals surface area contributed by atoms with Gasteiger partial charge in [-0.3, -0.25) is 9.78 Å². The predicted octanol–water partition coefficient (Wildman–Crippen LogP) is 1.38. The number of carbonyl (C=O) groups excluding carboxylic acids is 1. The van der Waals surface area contributed by atoms with E-state index in [9.17, 15) is 14.4 Å². The maximum atomic E-state index is 12.0. The van der Waals surface area contributed by atoms with Gasteiger partial charge < -0.3 is 25.1 Å². The van der Waals surface area contributed by atoms with Crippen LogP contribution in [0.25, 0.3) is 0 Å². The molecule has 1 aromatic carbocycles. The molecule has 0 bridgehead atoms. The van der Waals surface area contributed by atoms with E-state index in [0.717, 1.165) is 6.20 Å².